The average molecular weight is 246 g/mol. The molecule has 0 N–H and O–H groups in total. The minimum absolute atomic E-state index is 0.207. The first kappa shape index (κ1) is 11.1. The highest BCUT2D eigenvalue weighted by atomic mass is 35.5. The van der Waals surface area contributed by atoms with Gasteiger partial charge in [0.2, 0.25) is 5.28 Å². The Hall–Kier alpha value is -0.380. The van der Waals surface area contributed by atoms with Gasteiger partial charge in [-0.15, -0.1) is 0 Å². The fourth-order valence-corrected chi connectivity index (χ4v) is 2.28. The summed E-state index contributed by atoms with van der Waals surface area (Å²) in [5.41, 5.74) is 0.954. The molecular weight excluding hydrogens is 233 g/mol. The van der Waals surface area contributed by atoms with Crippen molar-refractivity contribution in [2.45, 2.75) is 32.4 Å². The Morgan fingerprint density at radius 3 is 2.93 bits per heavy atom. The second-order valence-electron chi connectivity index (χ2n) is 3.92. The lowest BCUT2D eigenvalue weighted by Crippen LogP contribution is -2.26. The summed E-state index contributed by atoms with van der Waals surface area (Å²) in [5.74, 6) is 0. The van der Waals surface area contributed by atoms with Crippen LogP contribution in [0.4, 0.5) is 0 Å². The molecule has 1 saturated heterocycles. The van der Waals surface area contributed by atoms with Gasteiger partial charge in [-0.2, -0.15) is 0 Å². The number of hydrogen-bond donors (Lipinski definition) is 0. The van der Waals surface area contributed by atoms with Gasteiger partial charge >= 0.3 is 0 Å². The smallest absolute Gasteiger partial charge is 0.223 e. The maximum absolute atomic E-state index is 5.99. The van der Waals surface area contributed by atoms with Crippen molar-refractivity contribution in [2.75, 3.05) is 6.54 Å². The number of hydrogen-bond acceptors (Lipinski definition) is 3. The van der Waals surface area contributed by atoms with Gasteiger partial charge in [-0.05, 0) is 37.9 Å². The van der Waals surface area contributed by atoms with Crippen molar-refractivity contribution in [1.29, 1.82) is 0 Å². The largest absolute Gasteiger partial charge is 0.296 e. The summed E-state index contributed by atoms with van der Waals surface area (Å²) in [6.45, 7) is 4.18. The van der Waals surface area contributed by atoms with Gasteiger partial charge in [-0.25, -0.2) is 9.97 Å². The lowest BCUT2D eigenvalue weighted by Gasteiger charge is -2.20. The van der Waals surface area contributed by atoms with Crippen LogP contribution in [0.5, 0.6) is 0 Å². The SMILES string of the molecule is CC1CCCN1Cc1cnc(Cl)nc1Cl. The van der Waals surface area contributed by atoms with Crippen molar-refractivity contribution in [3.05, 3.63) is 22.2 Å². The molecule has 3 nitrogen and oxygen atoms in total. The van der Waals surface area contributed by atoms with Crippen molar-refractivity contribution in [1.82, 2.24) is 14.9 Å². The Labute approximate surface area is 99.4 Å². The Bertz CT molecular complexity index is 357. The quantitative estimate of drug-likeness (QED) is 0.593. The van der Waals surface area contributed by atoms with Gasteiger partial charge in [0, 0.05) is 24.3 Å². The lowest BCUT2D eigenvalue weighted by atomic mass is 10.2. The summed E-state index contributed by atoms with van der Waals surface area (Å²) in [4.78, 5) is 10.3. The Morgan fingerprint density at radius 1 is 1.53 bits per heavy atom. The third-order valence-electron chi connectivity index (χ3n) is 2.85. The number of aromatic nitrogens is 2. The number of nitrogens with zero attached hydrogens (tertiary/aromatic N) is 3. The van der Waals surface area contributed by atoms with Crippen molar-refractivity contribution in [3.63, 3.8) is 0 Å². The number of likely N-dealkylation sites (tertiary alicyclic amines) is 1. The molecule has 0 saturated carbocycles. The molecule has 2 rings (SSSR count). The predicted molar refractivity (Wildman–Crippen MR) is 61.2 cm³/mol. The molecule has 5 heteroatoms. The van der Waals surface area contributed by atoms with E-state index in [1.165, 1.54) is 12.8 Å². The van der Waals surface area contributed by atoms with Gasteiger partial charge in [-0.1, -0.05) is 11.6 Å². The molecule has 1 aromatic heterocycles. The highest BCUT2D eigenvalue weighted by molar-refractivity contribution is 6.32. The number of halogens is 2. The van der Waals surface area contributed by atoms with Crippen LogP contribution < -0.4 is 0 Å². The van der Waals surface area contributed by atoms with Gasteiger partial charge in [0.15, 0.2) is 0 Å². The Kier molecular flexibility index (Phi) is 3.44. The van der Waals surface area contributed by atoms with Crippen LogP contribution in [0.15, 0.2) is 6.20 Å². The van der Waals surface area contributed by atoms with E-state index in [1.807, 2.05) is 0 Å². The molecule has 0 spiro atoms. The minimum Gasteiger partial charge on any atom is -0.296 e. The van der Waals surface area contributed by atoms with Crippen molar-refractivity contribution < 1.29 is 0 Å². The van der Waals surface area contributed by atoms with E-state index >= 15 is 0 Å². The van der Waals surface area contributed by atoms with Gasteiger partial charge in [-0.3, -0.25) is 4.90 Å². The molecule has 0 amide bonds. The molecule has 1 fully saturated rings. The fourth-order valence-electron chi connectivity index (χ4n) is 1.92. The molecule has 15 heavy (non-hydrogen) atoms. The average Bonchev–Trinajstić information content (AvgIpc) is 2.57. The summed E-state index contributed by atoms with van der Waals surface area (Å²) < 4.78 is 0. The van der Waals surface area contributed by atoms with Crippen molar-refractivity contribution in [2.24, 2.45) is 0 Å². The van der Waals surface area contributed by atoms with Crippen LogP contribution in [0, 0.1) is 0 Å². The van der Waals surface area contributed by atoms with Crippen molar-refractivity contribution >= 4 is 23.2 Å². The summed E-state index contributed by atoms with van der Waals surface area (Å²) >= 11 is 11.6. The molecule has 82 valence electrons. The summed E-state index contributed by atoms with van der Waals surface area (Å²) in [5, 5.41) is 0.673. The zero-order valence-corrected chi connectivity index (χ0v) is 10.1. The van der Waals surface area contributed by atoms with E-state index in [2.05, 4.69) is 21.8 Å². The first-order chi connectivity index (χ1) is 7.16. The zero-order chi connectivity index (χ0) is 10.8. The zero-order valence-electron chi connectivity index (χ0n) is 8.58. The number of rotatable bonds is 2. The van der Waals surface area contributed by atoms with Crippen LogP contribution in [-0.4, -0.2) is 27.5 Å². The normalized spacial score (nSPS) is 22.2. The van der Waals surface area contributed by atoms with E-state index in [9.17, 15) is 0 Å². The summed E-state index contributed by atoms with van der Waals surface area (Å²) in [6.07, 6.45) is 4.22. The van der Waals surface area contributed by atoms with E-state index in [0.29, 0.717) is 11.2 Å². The monoisotopic (exact) mass is 245 g/mol. The van der Waals surface area contributed by atoms with E-state index in [4.69, 9.17) is 23.2 Å². The summed E-state index contributed by atoms with van der Waals surface area (Å²) in [7, 11) is 0. The molecule has 2 heterocycles. The van der Waals surface area contributed by atoms with Crippen molar-refractivity contribution in [3.8, 4) is 0 Å². The molecule has 1 aromatic rings. The topological polar surface area (TPSA) is 29.0 Å². The summed E-state index contributed by atoms with van der Waals surface area (Å²) in [6, 6.07) is 0.622. The van der Waals surface area contributed by atoms with Gasteiger partial charge in [0.1, 0.15) is 5.15 Å². The van der Waals surface area contributed by atoms with Crippen LogP contribution >= 0.6 is 23.2 Å². The third kappa shape index (κ3) is 2.60. The highest BCUT2D eigenvalue weighted by Gasteiger charge is 2.21. The molecule has 1 aliphatic rings. The molecule has 1 aliphatic heterocycles. The molecule has 0 aromatic carbocycles. The molecule has 1 unspecified atom stereocenters. The fraction of sp³-hybridized carbons (Fsp3) is 0.600. The molecule has 0 radical (unpaired) electrons. The van der Waals surface area contributed by atoms with Crippen LogP contribution in [0.25, 0.3) is 0 Å². The first-order valence-corrected chi connectivity index (χ1v) is 5.83. The van der Waals surface area contributed by atoms with Gasteiger partial charge in [0.05, 0.1) is 0 Å². The van der Waals surface area contributed by atoms with Crippen LogP contribution in [0.2, 0.25) is 10.4 Å². The molecular formula is C10H13Cl2N3. The lowest BCUT2D eigenvalue weighted by molar-refractivity contribution is 0.260. The van der Waals surface area contributed by atoms with Crippen LogP contribution in [-0.2, 0) is 6.54 Å². The van der Waals surface area contributed by atoms with Gasteiger partial charge < -0.3 is 0 Å². The van der Waals surface area contributed by atoms with Crippen LogP contribution in [0.1, 0.15) is 25.3 Å². The maximum Gasteiger partial charge on any atom is 0.223 e. The van der Waals surface area contributed by atoms with Gasteiger partial charge in [0.25, 0.3) is 0 Å². The standard InChI is InChI=1S/C10H13Cl2N3/c1-7-3-2-4-15(7)6-8-5-13-10(12)14-9(8)11/h5,7H,2-4,6H2,1H3. The van der Waals surface area contributed by atoms with E-state index in [1.54, 1.807) is 6.20 Å². The second kappa shape index (κ2) is 4.64. The van der Waals surface area contributed by atoms with E-state index in [-0.39, 0.29) is 5.28 Å². The molecule has 0 aliphatic carbocycles. The first-order valence-electron chi connectivity index (χ1n) is 5.08. The Morgan fingerprint density at radius 2 is 2.33 bits per heavy atom. The molecule has 1 atom stereocenters. The Balaban J connectivity index is 2.10. The molecule has 0 bridgehead atoms. The second-order valence-corrected chi connectivity index (χ2v) is 4.61. The van der Waals surface area contributed by atoms with E-state index in [0.717, 1.165) is 18.7 Å². The minimum atomic E-state index is 0.207. The highest BCUT2D eigenvalue weighted by Crippen LogP contribution is 2.22. The van der Waals surface area contributed by atoms with E-state index < -0.39 is 0 Å². The maximum atomic E-state index is 5.99. The van der Waals surface area contributed by atoms with Crippen LogP contribution in [0.3, 0.4) is 0 Å². The predicted octanol–water partition coefficient (Wildman–Crippen LogP) is 2.77. The third-order valence-corrected chi connectivity index (χ3v) is 3.36.